The maximum atomic E-state index is 12.4. The van der Waals surface area contributed by atoms with E-state index in [0.717, 1.165) is 18.4 Å². The fourth-order valence-electron chi connectivity index (χ4n) is 3.64. The second-order valence-corrected chi connectivity index (χ2v) is 7.94. The lowest BCUT2D eigenvalue weighted by molar-refractivity contribution is -0.111. The number of benzene rings is 2. The summed E-state index contributed by atoms with van der Waals surface area (Å²) in [5.41, 5.74) is 2.06. The van der Waals surface area contributed by atoms with Gasteiger partial charge >= 0.3 is 6.16 Å². The van der Waals surface area contributed by atoms with Crippen LogP contribution in [0.25, 0.3) is 0 Å². The second-order valence-electron chi connectivity index (χ2n) is 7.94. The Morgan fingerprint density at radius 3 is 2.33 bits per heavy atom. The third-order valence-electron chi connectivity index (χ3n) is 5.42. The van der Waals surface area contributed by atoms with Gasteiger partial charge in [-0.05, 0) is 73.7 Å². The molecule has 7 heteroatoms. The Hall–Kier alpha value is -3.61. The summed E-state index contributed by atoms with van der Waals surface area (Å²) >= 11 is 0. The van der Waals surface area contributed by atoms with Gasteiger partial charge in [0.1, 0.15) is 5.75 Å². The zero-order chi connectivity index (χ0) is 23.5. The molecule has 0 unspecified atom stereocenters. The quantitative estimate of drug-likeness (QED) is 0.326. The van der Waals surface area contributed by atoms with Crippen molar-refractivity contribution in [2.75, 3.05) is 11.9 Å². The average Bonchev–Trinajstić information content (AvgIpc) is 2.83. The van der Waals surface area contributed by atoms with Gasteiger partial charge in [-0.15, -0.1) is 0 Å². The minimum atomic E-state index is -0.783. The number of allylic oxidation sites excluding steroid dienone is 1. The average molecular weight is 451 g/mol. The number of anilines is 1. The van der Waals surface area contributed by atoms with E-state index >= 15 is 0 Å². The molecule has 2 amide bonds. The van der Waals surface area contributed by atoms with Gasteiger partial charge in [0.25, 0.3) is 5.91 Å². The second kappa shape index (κ2) is 12.4. The number of nitrogens with one attached hydrogen (secondary N) is 2. The van der Waals surface area contributed by atoms with Crippen LogP contribution >= 0.6 is 0 Å². The number of rotatable bonds is 8. The van der Waals surface area contributed by atoms with Crippen LogP contribution in [0.5, 0.6) is 5.75 Å². The normalized spacial score (nSPS) is 14.0. The molecule has 0 atom stereocenters. The Labute approximate surface area is 194 Å². The van der Waals surface area contributed by atoms with Crippen LogP contribution < -0.4 is 15.4 Å². The van der Waals surface area contributed by atoms with E-state index in [1.54, 1.807) is 25.1 Å². The third kappa shape index (κ3) is 8.11. The van der Waals surface area contributed by atoms with Crippen molar-refractivity contribution in [3.05, 3.63) is 71.8 Å². The number of amides is 2. The molecule has 0 heterocycles. The van der Waals surface area contributed by atoms with Gasteiger partial charge in [-0.1, -0.05) is 37.5 Å². The molecule has 2 aromatic rings. The van der Waals surface area contributed by atoms with Gasteiger partial charge in [-0.2, -0.15) is 0 Å². The molecule has 7 nitrogen and oxygen atoms in total. The summed E-state index contributed by atoms with van der Waals surface area (Å²) < 4.78 is 9.69. The van der Waals surface area contributed by atoms with Crippen LogP contribution in [0, 0.1) is 5.92 Å². The summed E-state index contributed by atoms with van der Waals surface area (Å²) in [7, 11) is 0. The van der Waals surface area contributed by atoms with Crippen LogP contribution in [-0.4, -0.2) is 24.6 Å². The monoisotopic (exact) mass is 450 g/mol. The minimum absolute atomic E-state index is 0.128. The number of ether oxygens (including phenoxy) is 2. The summed E-state index contributed by atoms with van der Waals surface area (Å²) in [6.07, 6.45) is 8.97. The van der Waals surface area contributed by atoms with Gasteiger partial charge in [0, 0.05) is 17.8 Å². The lowest BCUT2D eigenvalue weighted by Gasteiger charge is -2.17. The SMILES string of the molecule is CCOC(=O)Oc1ccc(C(=O)NCc2ccc(NC(=O)/C=C/C3CCCCC3)cc2)cc1. The molecule has 1 aliphatic carbocycles. The summed E-state index contributed by atoms with van der Waals surface area (Å²) in [4.78, 5) is 35.8. The van der Waals surface area contributed by atoms with E-state index in [1.165, 1.54) is 31.4 Å². The minimum Gasteiger partial charge on any atom is -0.434 e. The van der Waals surface area contributed by atoms with Gasteiger partial charge in [0.05, 0.1) is 6.61 Å². The van der Waals surface area contributed by atoms with Crippen LogP contribution in [0.3, 0.4) is 0 Å². The number of hydrogen-bond acceptors (Lipinski definition) is 5. The van der Waals surface area contributed by atoms with Crippen molar-refractivity contribution < 1.29 is 23.9 Å². The summed E-state index contributed by atoms with van der Waals surface area (Å²) in [6.45, 7) is 2.26. The predicted molar refractivity (Wildman–Crippen MR) is 126 cm³/mol. The first-order valence-electron chi connectivity index (χ1n) is 11.3. The van der Waals surface area contributed by atoms with Gasteiger partial charge in [-0.25, -0.2) is 4.79 Å². The van der Waals surface area contributed by atoms with Gasteiger partial charge in [0.2, 0.25) is 5.91 Å². The standard InChI is InChI=1S/C26H30N2O5/c1-2-32-26(31)33-23-15-11-21(12-16-23)25(30)27-18-20-8-13-22(14-9-20)28-24(29)17-10-19-6-4-3-5-7-19/h8-17,19H,2-7,18H2,1H3,(H,27,30)(H,28,29)/b17-10+. The number of carbonyl (C=O) groups is 3. The smallest absolute Gasteiger partial charge is 0.434 e. The molecule has 174 valence electrons. The van der Waals surface area contributed by atoms with E-state index in [0.29, 0.717) is 29.5 Å². The molecule has 1 saturated carbocycles. The molecule has 1 fully saturated rings. The lowest BCUT2D eigenvalue weighted by atomic mass is 9.89. The van der Waals surface area contributed by atoms with Crippen LogP contribution in [0.1, 0.15) is 54.9 Å². The molecule has 2 N–H and O–H groups in total. The molecule has 33 heavy (non-hydrogen) atoms. The first kappa shape index (κ1) is 24.0. The predicted octanol–water partition coefficient (Wildman–Crippen LogP) is 5.23. The zero-order valence-electron chi connectivity index (χ0n) is 18.8. The van der Waals surface area contributed by atoms with Crippen molar-refractivity contribution in [2.24, 2.45) is 5.92 Å². The van der Waals surface area contributed by atoms with Crippen molar-refractivity contribution >= 4 is 23.7 Å². The third-order valence-corrected chi connectivity index (χ3v) is 5.42. The molecule has 1 aliphatic rings. The van der Waals surface area contributed by atoms with Crippen molar-refractivity contribution in [3.8, 4) is 5.75 Å². The Morgan fingerprint density at radius 1 is 0.970 bits per heavy atom. The number of hydrogen-bond donors (Lipinski definition) is 2. The molecule has 0 aliphatic heterocycles. The molecule has 0 radical (unpaired) electrons. The largest absolute Gasteiger partial charge is 0.513 e. The summed E-state index contributed by atoms with van der Waals surface area (Å²) in [5.74, 6) is 0.438. The van der Waals surface area contributed by atoms with E-state index in [9.17, 15) is 14.4 Å². The van der Waals surface area contributed by atoms with Crippen LogP contribution in [-0.2, 0) is 16.1 Å². The highest BCUT2D eigenvalue weighted by atomic mass is 16.7. The highest BCUT2D eigenvalue weighted by Gasteiger charge is 2.11. The summed E-state index contributed by atoms with van der Waals surface area (Å²) in [5, 5.41) is 5.71. The van der Waals surface area contributed by atoms with E-state index in [1.807, 2.05) is 30.3 Å². The Morgan fingerprint density at radius 2 is 1.67 bits per heavy atom. The van der Waals surface area contributed by atoms with Gasteiger partial charge in [-0.3, -0.25) is 9.59 Å². The molecular weight excluding hydrogens is 420 g/mol. The van der Waals surface area contributed by atoms with Crippen molar-refractivity contribution in [3.63, 3.8) is 0 Å². The Balaban J connectivity index is 1.44. The topological polar surface area (TPSA) is 93.7 Å². The van der Waals surface area contributed by atoms with Gasteiger partial charge < -0.3 is 20.1 Å². The molecule has 0 spiro atoms. The van der Waals surface area contributed by atoms with E-state index < -0.39 is 6.16 Å². The number of carbonyl (C=O) groups excluding carboxylic acids is 3. The first-order valence-corrected chi connectivity index (χ1v) is 11.3. The fourth-order valence-corrected chi connectivity index (χ4v) is 3.64. The van der Waals surface area contributed by atoms with E-state index in [-0.39, 0.29) is 18.4 Å². The Kier molecular flexibility index (Phi) is 9.06. The zero-order valence-corrected chi connectivity index (χ0v) is 18.8. The molecule has 2 aromatic carbocycles. The van der Waals surface area contributed by atoms with Gasteiger partial charge in [0.15, 0.2) is 0 Å². The molecular formula is C26H30N2O5. The first-order chi connectivity index (χ1) is 16.0. The van der Waals surface area contributed by atoms with Crippen molar-refractivity contribution in [2.45, 2.75) is 45.6 Å². The highest BCUT2D eigenvalue weighted by molar-refractivity contribution is 5.99. The van der Waals surface area contributed by atoms with Crippen molar-refractivity contribution in [1.82, 2.24) is 5.32 Å². The van der Waals surface area contributed by atoms with Crippen molar-refractivity contribution in [1.29, 1.82) is 0 Å². The maximum Gasteiger partial charge on any atom is 0.513 e. The molecule has 0 bridgehead atoms. The lowest BCUT2D eigenvalue weighted by Crippen LogP contribution is -2.22. The highest BCUT2D eigenvalue weighted by Crippen LogP contribution is 2.24. The van der Waals surface area contributed by atoms with Crippen LogP contribution in [0.15, 0.2) is 60.7 Å². The van der Waals surface area contributed by atoms with E-state index in [2.05, 4.69) is 10.6 Å². The van der Waals surface area contributed by atoms with Crippen LogP contribution in [0.4, 0.5) is 10.5 Å². The maximum absolute atomic E-state index is 12.4. The molecule has 3 rings (SSSR count). The molecule has 0 aromatic heterocycles. The Bertz CT molecular complexity index is 961. The fraction of sp³-hybridized carbons (Fsp3) is 0.346. The molecule has 0 saturated heterocycles. The van der Waals surface area contributed by atoms with Crippen LogP contribution in [0.2, 0.25) is 0 Å². The summed E-state index contributed by atoms with van der Waals surface area (Å²) in [6, 6.07) is 13.6. The van der Waals surface area contributed by atoms with E-state index in [4.69, 9.17) is 9.47 Å².